The van der Waals surface area contributed by atoms with Crippen LogP contribution in [0, 0.1) is 5.82 Å². The summed E-state index contributed by atoms with van der Waals surface area (Å²) < 4.78 is 23.3. The predicted octanol–water partition coefficient (Wildman–Crippen LogP) is 2.39. The highest BCUT2D eigenvalue weighted by Crippen LogP contribution is 2.33. The monoisotopic (exact) mass is 378 g/mol. The minimum atomic E-state index is -0.835. The highest BCUT2D eigenvalue weighted by Gasteiger charge is 2.51. The molecule has 1 heterocycles. The molecule has 1 aliphatic heterocycles. The van der Waals surface area contributed by atoms with Crippen molar-refractivity contribution in [3.05, 3.63) is 30.1 Å². The lowest BCUT2D eigenvalue weighted by atomic mass is 9.82. The maximum atomic E-state index is 12.8. The molecule has 0 unspecified atom stereocenters. The van der Waals surface area contributed by atoms with Gasteiger partial charge in [-0.05, 0) is 37.1 Å². The van der Waals surface area contributed by atoms with Gasteiger partial charge in [0.2, 0.25) is 0 Å². The second-order valence-corrected chi connectivity index (χ2v) is 6.84. The first-order chi connectivity index (χ1) is 13.0. The zero-order valence-electron chi connectivity index (χ0n) is 15.0. The summed E-state index contributed by atoms with van der Waals surface area (Å²) in [5.74, 6) is -0.774. The molecule has 8 heteroatoms. The van der Waals surface area contributed by atoms with Gasteiger partial charge in [0.05, 0.1) is 13.2 Å². The summed E-state index contributed by atoms with van der Waals surface area (Å²) in [7, 11) is 0. The highest BCUT2D eigenvalue weighted by molar-refractivity contribution is 6.08. The van der Waals surface area contributed by atoms with Gasteiger partial charge in [-0.15, -0.1) is 0 Å². The van der Waals surface area contributed by atoms with Crippen molar-refractivity contribution in [2.45, 2.75) is 44.1 Å². The molecule has 1 saturated heterocycles. The van der Waals surface area contributed by atoms with Crippen LogP contribution in [0.25, 0.3) is 0 Å². The lowest BCUT2D eigenvalue weighted by molar-refractivity contribution is -0.148. The number of esters is 1. The number of urea groups is 1. The van der Waals surface area contributed by atoms with E-state index in [9.17, 15) is 18.8 Å². The van der Waals surface area contributed by atoms with Gasteiger partial charge in [-0.1, -0.05) is 19.3 Å². The summed E-state index contributed by atoms with van der Waals surface area (Å²) >= 11 is 0. The second kappa shape index (κ2) is 8.37. The van der Waals surface area contributed by atoms with E-state index >= 15 is 0 Å². The minimum Gasteiger partial charge on any atom is -0.493 e. The van der Waals surface area contributed by atoms with Crippen LogP contribution in [0.1, 0.15) is 38.5 Å². The molecule has 0 bridgehead atoms. The van der Waals surface area contributed by atoms with Gasteiger partial charge in [0.25, 0.3) is 5.91 Å². The number of carbonyl (C=O) groups excluding carboxylic acids is 3. The number of amides is 3. The Hall–Kier alpha value is -2.64. The van der Waals surface area contributed by atoms with Crippen molar-refractivity contribution in [1.82, 2.24) is 10.2 Å². The van der Waals surface area contributed by atoms with E-state index in [2.05, 4.69) is 5.32 Å². The molecule has 1 aromatic carbocycles. The summed E-state index contributed by atoms with van der Waals surface area (Å²) in [6, 6.07) is 5.10. The van der Waals surface area contributed by atoms with Gasteiger partial charge in [0.15, 0.2) is 0 Å². The normalized spacial score (nSPS) is 18.5. The van der Waals surface area contributed by atoms with E-state index in [4.69, 9.17) is 9.47 Å². The summed E-state index contributed by atoms with van der Waals surface area (Å²) in [6.07, 6.45) is 4.49. The number of rotatable bonds is 7. The summed E-state index contributed by atoms with van der Waals surface area (Å²) in [5, 5.41) is 2.76. The van der Waals surface area contributed by atoms with Crippen LogP contribution in [-0.2, 0) is 14.3 Å². The number of hydrogen-bond acceptors (Lipinski definition) is 5. The number of hydrogen-bond donors (Lipinski definition) is 1. The molecule has 0 atom stereocenters. The molecule has 1 aliphatic carbocycles. The molecule has 3 rings (SSSR count). The third-order valence-electron chi connectivity index (χ3n) is 4.87. The first-order valence-electron chi connectivity index (χ1n) is 9.18. The third-order valence-corrected chi connectivity index (χ3v) is 4.87. The van der Waals surface area contributed by atoms with Crippen LogP contribution < -0.4 is 10.1 Å². The van der Waals surface area contributed by atoms with Crippen LogP contribution in [0.5, 0.6) is 5.75 Å². The number of ether oxygens (including phenoxy) is 2. The Morgan fingerprint density at radius 3 is 2.52 bits per heavy atom. The van der Waals surface area contributed by atoms with E-state index in [1.165, 1.54) is 24.3 Å². The molecule has 7 nitrogen and oxygen atoms in total. The van der Waals surface area contributed by atoms with Gasteiger partial charge in [-0.2, -0.15) is 0 Å². The average Bonchev–Trinajstić information content (AvgIpc) is 2.87. The fourth-order valence-electron chi connectivity index (χ4n) is 3.45. The van der Waals surface area contributed by atoms with Crippen molar-refractivity contribution in [2.75, 3.05) is 19.8 Å². The largest absolute Gasteiger partial charge is 0.493 e. The predicted molar refractivity (Wildman–Crippen MR) is 93.5 cm³/mol. The molecule has 3 amide bonds. The molecular formula is C19H23FN2O5. The van der Waals surface area contributed by atoms with Gasteiger partial charge in [0, 0.05) is 6.42 Å². The summed E-state index contributed by atoms with van der Waals surface area (Å²) in [5.41, 5.74) is -0.835. The first kappa shape index (κ1) is 19.1. The highest BCUT2D eigenvalue weighted by atomic mass is 19.1. The maximum absolute atomic E-state index is 12.8. The molecular weight excluding hydrogens is 355 g/mol. The van der Waals surface area contributed by atoms with Crippen LogP contribution in [-0.4, -0.2) is 48.1 Å². The Morgan fingerprint density at radius 2 is 1.81 bits per heavy atom. The standard InChI is InChI=1S/C19H23FN2O5/c20-14-5-7-15(8-6-14)26-11-4-12-27-16(23)13-22-17(24)19(21-18(22)25)9-2-1-3-10-19/h5-8H,1-4,9-13H2,(H,21,25). The zero-order valence-corrected chi connectivity index (χ0v) is 15.0. The average molecular weight is 378 g/mol. The topological polar surface area (TPSA) is 84.9 Å². The van der Waals surface area contributed by atoms with E-state index in [-0.39, 0.29) is 24.9 Å². The molecule has 1 aromatic rings. The van der Waals surface area contributed by atoms with Crippen molar-refractivity contribution in [2.24, 2.45) is 0 Å². The van der Waals surface area contributed by atoms with Crippen LogP contribution in [0.4, 0.5) is 9.18 Å². The lowest BCUT2D eigenvalue weighted by Gasteiger charge is -2.30. The number of imide groups is 1. The van der Waals surface area contributed by atoms with E-state index in [1.807, 2.05) is 0 Å². The smallest absolute Gasteiger partial charge is 0.326 e. The number of nitrogens with one attached hydrogen (secondary N) is 1. The fourth-order valence-corrected chi connectivity index (χ4v) is 3.45. The summed E-state index contributed by atoms with van der Waals surface area (Å²) in [4.78, 5) is 37.6. The van der Waals surface area contributed by atoms with Crippen molar-refractivity contribution in [3.8, 4) is 5.75 Å². The van der Waals surface area contributed by atoms with Gasteiger partial charge >= 0.3 is 12.0 Å². The Morgan fingerprint density at radius 1 is 1.11 bits per heavy atom. The maximum Gasteiger partial charge on any atom is 0.326 e. The van der Waals surface area contributed by atoms with Crippen molar-refractivity contribution in [1.29, 1.82) is 0 Å². The molecule has 0 radical (unpaired) electrons. The van der Waals surface area contributed by atoms with E-state index in [0.29, 0.717) is 31.6 Å². The molecule has 1 saturated carbocycles. The molecule has 27 heavy (non-hydrogen) atoms. The first-order valence-corrected chi connectivity index (χ1v) is 9.18. The second-order valence-electron chi connectivity index (χ2n) is 6.84. The lowest BCUT2D eigenvalue weighted by Crippen LogP contribution is -2.48. The van der Waals surface area contributed by atoms with Crippen LogP contribution in [0.3, 0.4) is 0 Å². The van der Waals surface area contributed by atoms with E-state index in [1.54, 1.807) is 0 Å². The molecule has 1 spiro atoms. The van der Waals surface area contributed by atoms with Crippen LogP contribution in [0.2, 0.25) is 0 Å². The Bertz CT molecular complexity index is 701. The van der Waals surface area contributed by atoms with E-state index < -0.39 is 17.5 Å². The third kappa shape index (κ3) is 4.56. The quantitative estimate of drug-likeness (QED) is 0.447. The zero-order chi connectivity index (χ0) is 19.3. The van der Waals surface area contributed by atoms with Crippen molar-refractivity contribution in [3.63, 3.8) is 0 Å². The molecule has 2 fully saturated rings. The van der Waals surface area contributed by atoms with Crippen molar-refractivity contribution >= 4 is 17.9 Å². The molecule has 0 aromatic heterocycles. The Balaban J connectivity index is 1.38. The number of benzene rings is 1. The number of nitrogens with zero attached hydrogens (tertiary/aromatic N) is 1. The summed E-state index contributed by atoms with van der Waals surface area (Å²) in [6.45, 7) is 0.0191. The molecule has 1 N–H and O–H groups in total. The van der Waals surface area contributed by atoms with Gasteiger partial charge in [-0.3, -0.25) is 14.5 Å². The molecule has 146 valence electrons. The number of halogens is 1. The van der Waals surface area contributed by atoms with Gasteiger partial charge in [-0.25, -0.2) is 9.18 Å². The molecule has 2 aliphatic rings. The van der Waals surface area contributed by atoms with Crippen LogP contribution in [0.15, 0.2) is 24.3 Å². The van der Waals surface area contributed by atoms with Crippen LogP contribution >= 0.6 is 0 Å². The Kier molecular flexibility index (Phi) is 5.93. The SMILES string of the molecule is O=C(CN1C(=O)NC2(CCCCC2)C1=O)OCCCOc1ccc(F)cc1. The minimum absolute atomic E-state index is 0.106. The Labute approximate surface area is 156 Å². The van der Waals surface area contributed by atoms with Gasteiger partial charge in [0.1, 0.15) is 23.7 Å². The number of carbonyl (C=O) groups is 3. The van der Waals surface area contributed by atoms with E-state index in [0.717, 1.165) is 24.2 Å². The van der Waals surface area contributed by atoms with Crippen molar-refractivity contribution < 1.29 is 28.2 Å². The van der Waals surface area contributed by atoms with Gasteiger partial charge < -0.3 is 14.8 Å². The fraction of sp³-hybridized carbons (Fsp3) is 0.526.